The van der Waals surface area contributed by atoms with Crippen LogP contribution in [0.25, 0.3) is 0 Å². The molecule has 2 unspecified atom stereocenters. The van der Waals surface area contributed by atoms with Crippen molar-refractivity contribution in [3.05, 3.63) is 59.2 Å². The fraction of sp³-hybridized carbons (Fsp3) is 0.278. The molecule has 1 aliphatic rings. The van der Waals surface area contributed by atoms with Gasteiger partial charge in [0.05, 0.1) is 22.7 Å². The molecule has 148 valence electrons. The first-order valence-corrected chi connectivity index (χ1v) is 9.55. The highest BCUT2D eigenvalue weighted by molar-refractivity contribution is 7.87. The summed E-state index contributed by atoms with van der Waals surface area (Å²) < 4.78 is 52.6. The van der Waals surface area contributed by atoms with E-state index >= 15 is 0 Å². The number of nitrogens with one attached hydrogen (secondary N) is 1. The predicted molar refractivity (Wildman–Crippen MR) is 100.0 cm³/mol. The zero-order valence-corrected chi connectivity index (χ0v) is 15.8. The van der Waals surface area contributed by atoms with Crippen molar-refractivity contribution in [1.82, 2.24) is 4.98 Å². The second-order valence-electron chi connectivity index (χ2n) is 6.73. The van der Waals surface area contributed by atoms with Crippen molar-refractivity contribution in [2.75, 3.05) is 11.1 Å². The van der Waals surface area contributed by atoms with Crippen LogP contribution in [-0.2, 0) is 10.8 Å². The van der Waals surface area contributed by atoms with Gasteiger partial charge in [0.25, 0.3) is 5.91 Å². The molecule has 3 N–H and O–H groups in total. The van der Waals surface area contributed by atoms with Crippen LogP contribution in [0.15, 0.2) is 35.5 Å². The first-order chi connectivity index (χ1) is 13.1. The number of amidine groups is 1. The lowest BCUT2D eigenvalue weighted by molar-refractivity contribution is 0.101. The zero-order valence-electron chi connectivity index (χ0n) is 15.0. The van der Waals surface area contributed by atoms with Crippen LogP contribution in [-0.4, -0.2) is 31.4 Å². The zero-order chi connectivity index (χ0) is 20.6. The summed E-state index contributed by atoms with van der Waals surface area (Å²) >= 11 is 0. The van der Waals surface area contributed by atoms with Crippen molar-refractivity contribution in [3.63, 3.8) is 0 Å². The number of nitrogens with zero attached hydrogens (tertiary/aromatic N) is 2. The number of anilines is 1. The van der Waals surface area contributed by atoms with Crippen LogP contribution < -0.4 is 11.1 Å². The number of aliphatic imine (C=N–C) groups is 1. The second kappa shape index (κ2) is 7.34. The molecule has 0 saturated heterocycles. The number of aromatic nitrogens is 1. The summed E-state index contributed by atoms with van der Waals surface area (Å²) in [5.74, 6) is -3.36. The highest BCUT2D eigenvalue weighted by Gasteiger charge is 2.37. The average molecular weight is 410 g/mol. The quantitative estimate of drug-likeness (QED) is 0.813. The van der Waals surface area contributed by atoms with E-state index in [9.17, 15) is 22.2 Å². The predicted octanol–water partition coefficient (Wildman–Crippen LogP) is 2.69. The van der Waals surface area contributed by atoms with Crippen molar-refractivity contribution < 1.29 is 22.2 Å². The standard InChI is InChI=1S/C18H17F3N4O2S/c1-18(2)17(22)25-14(8-28(18)27)11-6-10(3-4-12(11)20)24-16(26)15-13(21)5-9(19)7-23-15/h3-7,14H,8H2,1-2H3,(H2,22,25)(H,24,26). The van der Waals surface area contributed by atoms with Gasteiger partial charge in [0, 0.05) is 28.1 Å². The summed E-state index contributed by atoms with van der Waals surface area (Å²) in [6, 6.07) is 3.44. The van der Waals surface area contributed by atoms with Gasteiger partial charge >= 0.3 is 0 Å². The molecule has 0 bridgehead atoms. The monoisotopic (exact) mass is 410 g/mol. The molecule has 0 radical (unpaired) electrons. The molecule has 28 heavy (non-hydrogen) atoms. The van der Waals surface area contributed by atoms with Crippen LogP contribution in [0.1, 0.15) is 35.9 Å². The average Bonchev–Trinajstić information content (AvgIpc) is 2.61. The Morgan fingerprint density at radius 1 is 1.25 bits per heavy atom. The first kappa shape index (κ1) is 20.0. The largest absolute Gasteiger partial charge is 0.386 e. The van der Waals surface area contributed by atoms with Crippen molar-refractivity contribution in [1.29, 1.82) is 0 Å². The van der Waals surface area contributed by atoms with Crippen molar-refractivity contribution in [2.45, 2.75) is 24.6 Å². The summed E-state index contributed by atoms with van der Waals surface area (Å²) in [6.45, 7) is 3.38. The van der Waals surface area contributed by atoms with Crippen molar-refractivity contribution in [3.8, 4) is 0 Å². The SMILES string of the molecule is CC1(C)C(N)=NC(c2cc(NC(=O)c3ncc(F)cc3F)ccc2F)CS1=O. The van der Waals surface area contributed by atoms with Crippen LogP contribution >= 0.6 is 0 Å². The van der Waals surface area contributed by atoms with Crippen LogP contribution in [0, 0.1) is 17.5 Å². The lowest BCUT2D eigenvalue weighted by atomic mass is 10.1. The highest BCUT2D eigenvalue weighted by Crippen LogP contribution is 2.32. The van der Waals surface area contributed by atoms with Gasteiger partial charge in [-0.25, -0.2) is 18.2 Å². The van der Waals surface area contributed by atoms with Crippen LogP contribution in [0.5, 0.6) is 0 Å². The minimum atomic E-state index is -1.38. The van der Waals surface area contributed by atoms with Crippen LogP contribution in [0.3, 0.4) is 0 Å². The molecule has 1 aromatic carbocycles. The summed E-state index contributed by atoms with van der Waals surface area (Å²) in [7, 11) is -1.38. The summed E-state index contributed by atoms with van der Waals surface area (Å²) in [4.78, 5) is 19.9. The number of amides is 1. The Labute approximate surface area is 161 Å². The number of carbonyl (C=O) groups is 1. The van der Waals surface area contributed by atoms with Gasteiger partial charge in [-0.1, -0.05) is 0 Å². The Hall–Kier alpha value is -2.75. The van der Waals surface area contributed by atoms with Crippen molar-refractivity contribution >= 4 is 28.2 Å². The smallest absolute Gasteiger partial charge is 0.277 e. The van der Waals surface area contributed by atoms with E-state index in [0.29, 0.717) is 12.3 Å². The fourth-order valence-corrected chi connectivity index (χ4v) is 3.88. The number of nitrogens with two attached hydrogens (primary N) is 1. The Kier molecular flexibility index (Phi) is 5.24. The molecule has 1 aromatic heterocycles. The van der Waals surface area contributed by atoms with Gasteiger partial charge in [-0.2, -0.15) is 0 Å². The van der Waals surface area contributed by atoms with E-state index in [-0.39, 0.29) is 22.8 Å². The molecule has 2 heterocycles. The third-order valence-corrected chi connectivity index (χ3v) is 6.39. The fourth-order valence-electron chi connectivity index (χ4n) is 2.64. The number of hydrogen-bond acceptors (Lipinski definition) is 5. The Morgan fingerprint density at radius 2 is 1.96 bits per heavy atom. The van der Waals surface area contributed by atoms with E-state index in [1.165, 1.54) is 12.1 Å². The Balaban J connectivity index is 1.89. The summed E-state index contributed by atoms with van der Waals surface area (Å²) in [5.41, 5.74) is 5.53. The lowest BCUT2D eigenvalue weighted by Crippen LogP contribution is -2.47. The number of rotatable bonds is 3. The normalized spacial score (nSPS) is 21.1. The number of benzene rings is 1. The van der Waals surface area contributed by atoms with Gasteiger partial charge in [0.2, 0.25) is 0 Å². The molecule has 10 heteroatoms. The van der Waals surface area contributed by atoms with Crippen LogP contribution in [0.4, 0.5) is 18.9 Å². The molecule has 1 aliphatic heterocycles. The van der Waals surface area contributed by atoms with Gasteiger partial charge in [-0.15, -0.1) is 0 Å². The summed E-state index contributed by atoms with van der Waals surface area (Å²) in [5, 5.41) is 2.38. The number of pyridine rings is 1. The Morgan fingerprint density at radius 3 is 2.61 bits per heavy atom. The van der Waals surface area contributed by atoms with E-state index in [1.807, 2.05) is 0 Å². The maximum atomic E-state index is 14.3. The minimum Gasteiger partial charge on any atom is -0.386 e. The topological polar surface area (TPSA) is 97.4 Å². The van der Waals surface area contributed by atoms with Gasteiger partial charge in [-0.3, -0.25) is 14.0 Å². The van der Waals surface area contributed by atoms with E-state index in [1.54, 1.807) is 13.8 Å². The molecule has 2 aromatic rings. The van der Waals surface area contributed by atoms with E-state index in [0.717, 1.165) is 6.07 Å². The molecule has 0 fully saturated rings. The molecule has 0 saturated carbocycles. The minimum absolute atomic E-state index is 0.0656. The summed E-state index contributed by atoms with van der Waals surface area (Å²) in [6.07, 6.45) is 0.713. The van der Waals surface area contributed by atoms with Gasteiger partial charge in [0.1, 0.15) is 17.5 Å². The molecule has 2 atom stereocenters. The molecule has 1 amide bonds. The Bertz CT molecular complexity index is 1010. The van der Waals surface area contributed by atoms with E-state index < -0.39 is 50.6 Å². The molecule has 3 rings (SSSR count). The molecule has 6 nitrogen and oxygen atoms in total. The molecular formula is C18H17F3N4O2S. The highest BCUT2D eigenvalue weighted by atomic mass is 32.2. The van der Waals surface area contributed by atoms with Crippen LogP contribution in [0.2, 0.25) is 0 Å². The third kappa shape index (κ3) is 3.77. The van der Waals surface area contributed by atoms with E-state index in [2.05, 4.69) is 15.3 Å². The second-order valence-corrected chi connectivity index (χ2v) is 8.77. The van der Waals surface area contributed by atoms with E-state index in [4.69, 9.17) is 5.73 Å². The first-order valence-electron chi connectivity index (χ1n) is 8.23. The van der Waals surface area contributed by atoms with Gasteiger partial charge in [0.15, 0.2) is 11.5 Å². The number of hydrogen-bond donors (Lipinski definition) is 2. The maximum absolute atomic E-state index is 14.3. The van der Waals surface area contributed by atoms with Gasteiger partial charge < -0.3 is 11.1 Å². The lowest BCUT2D eigenvalue weighted by Gasteiger charge is -2.31. The molecule has 0 aliphatic carbocycles. The molecule has 0 spiro atoms. The third-order valence-electron chi connectivity index (χ3n) is 4.43. The molecular weight excluding hydrogens is 393 g/mol. The maximum Gasteiger partial charge on any atom is 0.277 e. The number of halogens is 3. The van der Waals surface area contributed by atoms with Crippen molar-refractivity contribution in [2.24, 2.45) is 10.7 Å². The number of carbonyl (C=O) groups excluding carboxylic acids is 1. The van der Waals surface area contributed by atoms with Gasteiger partial charge in [-0.05, 0) is 32.0 Å².